The van der Waals surface area contributed by atoms with Gasteiger partial charge in [0.05, 0.1) is 7.11 Å². The van der Waals surface area contributed by atoms with E-state index in [2.05, 4.69) is 10.1 Å². The molecule has 1 atom stereocenters. The number of nitrogens with one attached hydrogen (secondary N) is 1. The topological polar surface area (TPSA) is 55.4 Å². The number of carbonyl (C=O) groups excluding carboxylic acids is 2. The van der Waals surface area contributed by atoms with Crippen molar-refractivity contribution in [2.24, 2.45) is 5.92 Å². The average Bonchev–Trinajstić information content (AvgIpc) is 2.35. The molecular formula is C14H19NO3. The Morgan fingerprint density at radius 3 is 2.17 bits per heavy atom. The van der Waals surface area contributed by atoms with Crippen molar-refractivity contribution in [3.05, 3.63) is 35.4 Å². The summed E-state index contributed by atoms with van der Waals surface area (Å²) in [7, 11) is 1.32. The predicted molar refractivity (Wildman–Crippen MR) is 69.3 cm³/mol. The first-order chi connectivity index (χ1) is 8.45. The lowest BCUT2D eigenvalue weighted by atomic mass is 10.0. The van der Waals surface area contributed by atoms with Crippen molar-refractivity contribution in [2.75, 3.05) is 7.11 Å². The molecule has 18 heavy (non-hydrogen) atoms. The van der Waals surface area contributed by atoms with Gasteiger partial charge >= 0.3 is 5.97 Å². The van der Waals surface area contributed by atoms with Gasteiger partial charge in [0, 0.05) is 5.56 Å². The molecule has 1 amide bonds. The van der Waals surface area contributed by atoms with E-state index >= 15 is 0 Å². The molecule has 1 rings (SSSR count). The fourth-order valence-electron chi connectivity index (χ4n) is 1.55. The molecule has 0 aliphatic heterocycles. The number of methoxy groups -OCH3 is 1. The minimum atomic E-state index is -0.621. The second kappa shape index (κ2) is 6.19. The monoisotopic (exact) mass is 249 g/mol. The van der Waals surface area contributed by atoms with Crippen LogP contribution in [-0.2, 0) is 9.53 Å². The minimum Gasteiger partial charge on any atom is -0.467 e. The molecule has 0 fully saturated rings. The molecule has 98 valence electrons. The van der Waals surface area contributed by atoms with Gasteiger partial charge in [0.25, 0.3) is 5.91 Å². The Kier molecular flexibility index (Phi) is 4.89. The third kappa shape index (κ3) is 3.58. The number of hydrogen-bond donors (Lipinski definition) is 1. The van der Waals surface area contributed by atoms with Crippen LogP contribution in [0.5, 0.6) is 0 Å². The summed E-state index contributed by atoms with van der Waals surface area (Å²) in [5.74, 6) is -0.712. The van der Waals surface area contributed by atoms with Crippen molar-refractivity contribution >= 4 is 11.9 Å². The van der Waals surface area contributed by atoms with Crippen LogP contribution in [-0.4, -0.2) is 25.0 Å². The highest BCUT2D eigenvalue weighted by molar-refractivity contribution is 5.96. The molecule has 4 nitrogen and oxygen atoms in total. The molecule has 0 aromatic heterocycles. The number of aryl methyl sites for hydroxylation is 1. The molecule has 0 saturated heterocycles. The van der Waals surface area contributed by atoms with Crippen molar-refractivity contribution in [2.45, 2.75) is 26.8 Å². The lowest BCUT2D eigenvalue weighted by Gasteiger charge is -2.19. The van der Waals surface area contributed by atoms with Crippen molar-refractivity contribution in [1.29, 1.82) is 0 Å². The highest BCUT2D eigenvalue weighted by Gasteiger charge is 2.25. The van der Waals surface area contributed by atoms with E-state index in [1.54, 1.807) is 12.1 Å². The van der Waals surface area contributed by atoms with E-state index in [-0.39, 0.29) is 11.8 Å². The van der Waals surface area contributed by atoms with Crippen LogP contribution in [0.15, 0.2) is 24.3 Å². The summed E-state index contributed by atoms with van der Waals surface area (Å²) in [6.45, 7) is 5.67. The molecule has 4 heteroatoms. The summed E-state index contributed by atoms with van der Waals surface area (Å²) in [5, 5.41) is 2.69. The van der Waals surface area contributed by atoms with Crippen LogP contribution in [0.2, 0.25) is 0 Å². The maximum Gasteiger partial charge on any atom is 0.328 e. The fourth-order valence-corrected chi connectivity index (χ4v) is 1.55. The van der Waals surface area contributed by atoms with Gasteiger partial charge in [-0.1, -0.05) is 31.5 Å². The highest BCUT2D eigenvalue weighted by atomic mass is 16.5. The van der Waals surface area contributed by atoms with Crippen LogP contribution in [0, 0.1) is 12.8 Å². The van der Waals surface area contributed by atoms with Crippen LogP contribution >= 0.6 is 0 Å². The van der Waals surface area contributed by atoms with Gasteiger partial charge < -0.3 is 10.1 Å². The molecular weight excluding hydrogens is 230 g/mol. The summed E-state index contributed by atoms with van der Waals surface area (Å²) in [4.78, 5) is 23.5. The minimum absolute atomic E-state index is 0.0214. The van der Waals surface area contributed by atoms with E-state index in [1.165, 1.54) is 7.11 Å². The van der Waals surface area contributed by atoms with Gasteiger partial charge in [-0.25, -0.2) is 4.79 Å². The fraction of sp³-hybridized carbons (Fsp3) is 0.429. The second-order valence-electron chi connectivity index (χ2n) is 4.58. The number of esters is 1. The number of amides is 1. The molecule has 1 N–H and O–H groups in total. The van der Waals surface area contributed by atoms with E-state index in [1.807, 2.05) is 32.9 Å². The summed E-state index contributed by atoms with van der Waals surface area (Å²) in [5.41, 5.74) is 1.62. The van der Waals surface area contributed by atoms with Gasteiger partial charge in [-0.05, 0) is 25.0 Å². The zero-order valence-corrected chi connectivity index (χ0v) is 11.2. The molecule has 0 radical (unpaired) electrons. The van der Waals surface area contributed by atoms with Crippen LogP contribution in [0.4, 0.5) is 0 Å². The zero-order valence-electron chi connectivity index (χ0n) is 11.2. The van der Waals surface area contributed by atoms with E-state index in [4.69, 9.17) is 0 Å². The molecule has 0 heterocycles. The Labute approximate surface area is 107 Å². The van der Waals surface area contributed by atoms with Gasteiger partial charge in [0.1, 0.15) is 6.04 Å². The summed E-state index contributed by atoms with van der Waals surface area (Å²) in [6.07, 6.45) is 0. The molecule has 0 aliphatic rings. The van der Waals surface area contributed by atoms with E-state index in [0.717, 1.165) is 5.56 Å². The highest BCUT2D eigenvalue weighted by Crippen LogP contribution is 2.07. The Morgan fingerprint density at radius 1 is 1.17 bits per heavy atom. The predicted octanol–water partition coefficient (Wildman–Crippen LogP) is 1.92. The van der Waals surface area contributed by atoms with Crippen molar-refractivity contribution in [1.82, 2.24) is 5.32 Å². The molecule has 0 aliphatic carbocycles. The molecule has 0 spiro atoms. The summed E-state index contributed by atoms with van der Waals surface area (Å²) < 4.78 is 4.68. The summed E-state index contributed by atoms with van der Waals surface area (Å²) in [6, 6.07) is 6.57. The third-order valence-corrected chi connectivity index (χ3v) is 2.72. The standard InChI is InChI=1S/C14H19NO3/c1-9(2)12(14(17)18-4)15-13(16)11-7-5-10(3)6-8-11/h5-9,12H,1-4H3,(H,15,16)/t12-/m0/s1. The number of hydrogen-bond acceptors (Lipinski definition) is 3. The van der Waals surface area contributed by atoms with E-state index in [0.29, 0.717) is 5.56 Å². The number of carbonyl (C=O) groups is 2. The Morgan fingerprint density at radius 2 is 1.72 bits per heavy atom. The first-order valence-electron chi connectivity index (χ1n) is 5.91. The van der Waals surface area contributed by atoms with Gasteiger partial charge in [-0.2, -0.15) is 0 Å². The molecule has 1 aromatic carbocycles. The lowest BCUT2D eigenvalue weighted by Crippen LogP contribution is -2.45. The Bertz CT molecular complexity index is 423. The van der Waals surface area contributed by atoms with Gasteiger partial charge in [0.2, 0.25) is 0 Å². The van der Waals surface area contributed by atoms with Crippen molar-refractivity contribution in [3.63, 3.8) is 0 Å². The first kappa shape index (κ1) is 14.2. The van der Waals surface area contributed by atoms with Gasteiger partial charge in [0.15, 0.2) is 0 Å². The zero-order chi connectivity index (χ0) is 13.7. The lowest BCUT2D eigenvalue weighted by molar-refractivity contribution is -0.144. The van der Waals surface area contributed by atoms with Crippen molar-refractivity contribution < 1.29 is 14.3 Å². The quantitative estimate of drug-likeness (QED) is 0.829. The smallest absolute Gasteiger partial charge is 0.328 e. The Balaban J connectivity index is 2.78. The van der Waals surface area contributed by atoms with Crippen LogP contribution in [0.25, 0.3) is 0 Å². The number of ether oxygens (including phenoxy) is 1. The van der Waals surface area contributed by atoms with Gasteiger partial charge in [-0.3, -0.25) is 4.79 Å². The molecule has 0 unspecified atom stereocenters. The van der Waals surface area contributed by atoms with E-state index in [9.17, 15) is 9.59 Å². The maximum atomic E-state index is 12.0. The summed E-state index contributed by atoms with van der Waals surface area (Å²) >= 11 is 0. The maximum absolute atomic E-state index is 12.0. The van der Waals surface area contributed by atoms with Crippen molar-refractivity contribution in [3.8, 4) is 0 Å². The normalized spacial score (nSPS) is 12.1. The molecule has 0 saturated carbocycles. The third-order valence-electron chi connectivity index (χ3n) is 2.72. The average molecular weight is 249 g/mol. The number of rotatable bonds is 4. The number of benzene rings is 1. The van der Waals surface area contributed by atoms with Crippen LogP contribution in [0.1, 0.15) is 29.8 Å². The van der Waals surface area contributed by atoms with E-state index < -0.39 is 12.0 Å². The van der Waals surface area contributed by atoms with Crippen LogP contribution in [0.3, 0.4) is 0 Å². The molecule has 1 aromatic rings. The Hall–Kier alpha value is -1.84. The first-order valence-corrected chi connectivity index (χ1v) is 5.91. The largest absolute Gasteiger partial charge is 0.467 e. The molecule has 0 bridgehead atoms. The SMILES string of the molecule is COC(=O)[C@@H](NC(=O)c1ccc(C)cc1)C(C)C. The van der Waals surface area contributed by atoms with Gasteiger partial charge in [-0.15, -0.1) is 0 Å². The second-order valence-corrected chi connectivity index (χ2v) is 4.58. The van der Waals surface area contributed by atoms with Crippen LogP contribution < -0.4 is 5.32 Å².